The highest BCUT2D eigenvalue weighted by Gasteiger charge is 2.19. The summed E-state index contributed by atoms with van der Waals surface area (Å²) in [5.41, 5.74) is 6.75. The Hall–Kier alpha value is -2.02. The van der Waals surface area contributed by atoms with Gasteiger partial charge in [-0.15, -0.1) is 0 Å². The second-order valence-electron chi connectivity index (χ2n) is 7.53. The quantitative estimate of drug-likeness (QED) is 0.418. The van der Waals surface area contributed by atoms with Gasteiger partial charge in [0, 0.05) is 23.5 Å². The number of anilines is 2. The van der Waals surface area contributed by atoms with Gasteiger partial charge in [0.25, 0.3) is 0 Å². The molecule has 0 saturated carbocycles. The third-order valence-electron chi connectivity index (χ3n) is 5.45. The van der Waals surface area contributed by atoms with Crippen molar-refractivity contribution in [1.82, 2.24) is 0 Å². The van der Waals surface area contributed by atoms with Gasteiger partial charge in [0.1, 0.15) is 0 Å². The summed E-state index contributed by atoms with van der Waals surface area (Å²) >= 11 is 0. The Morgan fingerprint density at radius 1 is 0.692 bits per heavy atom. The molecular formula is C25H33N. The number of hydrogen-bond donors (Lipinski definition) is 0. The van der Waals surface area contributed by atoms with E-state index in [9.17, 15) is 0 Å². The van der Waals surface area contributed by atoms with Crippen molar-refractivity contribution in [3.63, 3.8) is 0 Å². The number of unbranched alkanes of at least 4 members (excludes halogenated alkanes) is 7. The maximum Gasteiger partial charge on any atom is 0.0487 e. The van der Waals surface area contributed by atoms with E-state index in [-0.39, 0.29) is 0 Å². The Labute approximate surface area is 159 Å². The normalized spacial score (nSPS) is 13.0. The predicted molar refractivity (Wildman–Crippen MR) is 116 cm³/mol. The molecule has 0 bridgehead atoms. The van der Waals surface area contributed by atoms with Gasteiger partial charge in [0.15, 0.2) is 0 Å². The smallest absolute Gasteiger partial charge is 0.0487 e. The van der Waals surface area contributed by atoms with Crippen molar-refractivity contribution < 1.29 is 0 Å². The van der Waals surface area contributed by atoms with Gasteiger partial charge in [-0.05, 0) is 42.7 Å². The molecule has 0 unspecified atom stereocenters. The van der Waals surface area contributed by atoms with Crippen LogP contribution in [0.3, 0.4) is 0 Å². The molecule has 2 aromatic carbocycles. The van der Waals surface area contributed by atoms with E-state index in [2.05, 4.69) is 73.4 Å². The summed E-state index contributed by atoms with van der Waals surface area (Å²) in [6.07, 6.45) is 13.2. The lowest BCUT2D eigenvalue weighted by Gasteiger charge is -2.27. The second kappa shape index (κ2) is 9.62. The van der Waals surface area contributed by atoms with Gasteiger partial charge in [-0.2, -0.15) is 0 Å². The molecule has 1 nitrogen and oxygen atoms in total. The van der Waals surface area contributed by atoms with Gasteiger partial charge in [-0.1, -0.05) is 88.3 Å². The summed E-state index contributed by atoms with van der Waals surface area (Å²) in [6.45, 7) is 5.62. The summed E-state index contributed by atoms with van der Waals surface area (Å²) in [6, 6.07) is 17.7. The minimum Gasteiger partial charge on any atom is -0.341 e. The van der Waals surface area contributed by atoms with Gasteiger partial charge in [-0.3, -0.25) is 0 Å². The minimum absolute atomic E-state index is 1.10. The van der Waals surface area contributed by atoms with Gasteiger partial charge >= 0.3 is 0 Å². The average molecular weight is 348 g/mol. The lowest BCUT2D eigenvalue weighted by atomic mass is 10.0. The Morgan fingerprint density at radius 2 is 1.31 bits per heavy atom. The maximum absolute atomic E-state index is 2.54. The molecule has 0 amide bonds. The summed E-state index contributed by atoms with van der Waals surface area (Å²) < 4.78 is 0. The number of nitrogens with zero attached hydrogens (tertiary/aromatic N) is 1. The van der Waals surface area contributed by atoms with E-state index in [4.69, 9.17) is 0 Å². The monoisotopic (exact) mass is 347 g/mol. The lowest BCUT2D eigenvalue weighted by molar-refractivity contribution is 0.577. The van der Waals surface area contributed by atoms with Crippen molar-refractivity contribution in [2.75, 3.05) is 11.4 Å². The fourth-order valence-electron chi connectivity index (χ4n) is 3.98. The molecule has 1 aliphatic heterocycles. The maximum atomic E-state index is 2.54. The molecule has 0 radical (unpaired) electrons. The second-order valence-corrected chi connectivity index (χ2v) is 7.53. The first-order valence-corrected chi connectivity index (χ1v) is 10.5. The zero-order chi connectivity index (χ0) is 18.2. The molecule has 138 valence electrons. The van der Waals surface area contributed by atoms with Crippen molar-refractivity contribution in [3.05, 3.63) is 59.7 Å². The van der Waals surface area contributed by atoms with Crippen molar-refractivity contribution in [2.24, 2.45) is 0 Å². The largest absolute Gasteiger partial charge is 0.341 e. The Morgan fingerprint density at radius 3 is 2.08 bits per heavy atom. The minimum atomic E-state index is 1.10. The van der Waals surface area contributed by atoms with Gasteiger partial charge in [0.05, 0.1) is 0 Å². The first-order chi connectivity index (χ1) is 12.8. The number of rotatable bonds is 9. The number of hydrogen-bond acceptors (Lipinski definition) is 1. The fraction of sp³-hybridized carbons (Fsp3) is 0.440. The standard InChI is InChI=1S/C25H33N/c1-3-4-5-6-7-8-9-14-19-26-24-17-12-10-15-22(24)20-21(2)23-16-11-13-18-25(23)26/h10-13,15-18,20H,3-9,14,19H2,1-2H3. The van der Waals surface area contributed by atoms with Crippen LogP contribution in [0.4, 0.5) is 11.4 Å². The van der Waals surface area contributed by atoms with Crippen LogP contribution in [0, 0.1) is 0 Å². The molecule has 1 heteroatoms. The molecular weight excluding hydrogens is 314 g/mol. The number of para-hydroxylation sites is 2. The highest BCUT2D eigenvalue weighted by Crippen LogP contribution is 2.39. The number of allylic oxidation sites excluding steroid dienone is 1. The van der Waals surface area contributed by atoms with Crippen molar-refractivity contribution >= 4 is 23.0 Å². The first-order valence-electron chi connectivity index (χ1n) is 10.5. The van der Waals surface area contributed by atoms with E-state index >= 15 is 0 Å². The molecule has 0 aliphatic carbocycles. The van der Waals surface area contributed by atoms with Crippen LogP contribution >= 0.6 is 0 Å². The molecule has 0 N–H and O–H groups in total. The van der Waals surface area contributed by atoms with Crippen molar-refractivity contribution in [3.8, 4) is 0 Å². The number of benzene rings is 2. The lowest BCUT2D eigenvalue weighted by Crippen LogP contribution is -2.19. The highest BCUT2D eigenvalue weighted by atomic mass is 15.1. The summed E-state index contributed by atoms with van der Waals surface area (Å²) in [7, 11) is 0. The molecule has 0 spiro atoms. The Balaban J connectivity index is 1.67. The third-order valence-corrected chi connectivity index (χ3v) is 5.45. The predicted octanol–water partition coefficient (Wildman–Crippen LogP) is 7.84. The van der Waals surface area contributed by atoms with Crippen LogP contribution in [0.15, 0.2) is 48.5 Å². The van der Waals surface area contributed by atoms with Gasteiger partial charge in [0.2, 0.25) is 0 Å². The fourth-order valence-corrected chi connectivity index (χ4v) is 3.98. The molecule has 0 atom stereocenters. The van der Waals surface area contributed by atoms with E-state index in [1.165, 1.54) is 79.4 Å². The number of fused-ring (bicyclic) bond motifs is 2. The molecule has 2 aromatic rings. The molecule has 0 saturated heterocycles. The molecule has 0 aromatic heterocycles. The van der Waals surface area contributed by atoms with Crippen LogP contribution in [0.5, 0.6) is 0 Å². The van der Waals surface area contributed by atoms with Crippen molar-refractivity contribution in [1.29, 1.82) is 0 Å². The van der Waals surface area contributed by atoms with Crippen LogP contribution in [0.2, 0.25) is 0 Å². The molecule has 3 rings (SSSR count). The van der Waals surface area contributed by atoms with Crippen molar-refractivity contribution in [2.45, 2.75) is 65.2 Å². The molecule has 26 heavy (non-hydrogen) atoms. The van der Waals surface area contributed by atoms with E-state index in [1.54, 1.807) is 0 Å². The van der Waals surface area contributed by atoms with E-state index in [0.29, 0.717) is 0 Å². The highest BCUT2D eigenvalue weighted by molar-refractivity contribution is 5.94. The van der Waals surface area contributed by atoms with Gasteiger partial charge < -0.3 is 4.90 Å². The van der Waals surface area contributed by atoms with Crippen LogP contribution in [0.1, 0.15) is 76.3 Å². The first kappa shape index (κ1) is 18.8. The average Bonchev–Trinajstić information content (AvgIpc) is 2.79. The van der Waals surface area contributed by atoms with Crippen LogP contribution in [-0.4, -0.2) is 6.54 Å². The van der Waals surface area contributed by atoms with Gasteiger partial charge in [-0.25, -0.2) is 0 Å². The van der Waals surface area contributed by atoms with E-state index in [1.807, 2.05) is 0 Å². The Kier molecular flexibility index (Phi) is 6.94. The Bertz CT molecular complexity index is 728. The zero-order valence-electron chi connectivity index (χ0n) is 16.5. The van der Waals surface area contributed by atoms with E-state index in [0.717, 1.165) is 6.54 Å². The molecule has 1 heterocycles. The third kappa shape index (κ3) is 4.58. The van der Waals surface area contributed by atoms with Crippen LogP contribution in [-0.2, 0) is 0 Å². The molecule has 1 aliphatic rings. The van der Waals surface area contributed by atoms with E-state index < -0.39 is 0 Å². The molecule has 0 fully saturated rings. The SMILES string of the molecule is CCCCCCCCCCN1c2ccccc2C=C(C)c2ccccc21. The van der Waals surface area contributed by atoms with Crippen LogP contribution < -0.4 is 4.90 Å². The summed E-state index contributed by atoms with van der Waals surface area (Å²) in [5, 5.41) is 0. The van der Waals surface area contributed by atoms with Crippen LogP contribution in [0.25, 0.3) is 11.6 Å². The zero-order valence-corrected chi connectivity index (χ0v) is 16.5. The summed E-state index contributed by atoms with van der Waals surface area (Å²) in [5.74, 6) is 0. The summed E-state index contributed by atoms with van der Waals surface area (Å²) in [4.78, 5) is 2.54. The topological polar surface area (TPSA) is 3.24 Å².